The Hall–Kier alpha value is -2.90. The molecule has 0 radical (unpaired) electrons. The first-order valence-electron chi connectivity index (χ1n) is 11.3. The van der Waals surface area contributed by atoms with E-state index in [0.717, 1.165) is 47.6 Å². The maximum atomic E-state index is 14.7. The summed E-state index contributed by atoms with van der Waals surface area (Å²) in [6.45, 7) is 3.78. The lowest BCUT2D eigenvalue weighted by molar-refractivity contribution is 0.186. The fraction of sp³-hybridized carbons (Fsp3) is 0.308. The average molecular weight is 466 g/mol. The van der Waals surface area contributed by atoms with E-state index in [1.807, 2.05) is 24.3 Å². The van der Waals surface area contributed by atoms with Crippen LogP contribution in [0, 0.1) is 5.82 Å². The van der Waals surface area contributed by atoms with Crippen LogP contribution < -0.4 is 9.47 Å². The quantitative estimate of drug-likeness (QED) is 0.519. The number of fused-ring (bicyclic) bond motifs is 7. The van der Waals surface area contributed by atoms with Crippen molar-refractivity contribution in [1.29, 1.82) is 0 Å². The molecule has 3 aromatic carbocycles. The monoisotopic (exact) mass is 465 g/mol. The van der Waals surface area contributed by atoms with Crippen molar-refractivity contribution in [3.63, 3.8) is 0 Å². The molecule has 1 unspecified atom stereocenters. The Morgan fingerprint density at radius 1 is 1.03 bits per heavy atom. The highest BCUT2D eigenvalue weighted by Gasteiger charge is 2.42. The number of thioether (sulfide) groups is 1. The zero-order valence-electron chi connectivity index (χ0n) is 18.0. The molecule has 6 rings (SSSR count). The largest absolute Gasteiger partial charge is 0.507 e. The Morgan fingerprint density at radius 2 is 1.88 bits per heavy atom. The maximum absolute atomic E-state index is 14.7. The number of aromatic hydroxyl groups is 2. The van der Waals surface area contributed by atoms with Gasteiger partial charge < -0.3 is 19.7 Å². The van der Waals surface area contributed by atoms with Gasteiger partial charge in [0, 0.05) is 17.7 Å². The van der Waals surface area contributed by atoms with Gasteiger partial charge in [0.15, 0.2) is 11.6 Å². The number of phenolic OH excluding ortho intramolecular Hbond substituents is 2. The van der Waals surface area contributed by atoms with Crippen molar-refractivity contribution >= 4 is 11.8 Å². The number of likely N-dealkylation sites (tertiary alicyclic amines) is 1. The Labute approximate surface area is 195 Å². The third-order valence-electron chi connectivity index (χ3n) is 6.67. The predicted octanol–water partition coefficient (Wildman–Crippen LogP) is 5.66. The Bertz CT molecular complexity index is 1230. The van der Waals surface area contributed by atoms with Gasteiger partial charge in [-0.1, -0.05) is 18.2 Å². The lowest BCUT2D eigenvalue weighted by Crippen LogP contribution is -2.25. The molecule has 5 nitrogen and oxygen atoms in total. The normalized spacial score (nSPS) is 20.9. The van der Waals surface area contributed by atoms with Gasteiger partial charge in [0.1, 0.15) is 30.0 Å². The van der Waals surface area contributed by atoms with Crippen molar-refractivity contribution in [2.24, 2.45) is 0 Å². The van der Waals surface area contributed by atoms with Crippen molar-refractivity contribution in [2.45, 2.75) is 29.1 Å². The fourth-order valence-corrected chi connectivity index (χ4v) is 6.39. The minimum Gasteiger partial charge on any atom is -0.507 e. The minimum atomic E-state index is -0.676. The molecule has 0 spiro atoms. The molecule has 0 amide bonds. The molecule has 1 saturated heterocycles. The summed E-state index contributed by atoms with van der Waals surface area (Å²) < 4.78 is 27.0. The van der Waals surface area contributed by atoms with Crippen molar-refractivity contribution in [2.75, 3.05) is 26.2 Å². The summed E-state index contributed by atoms with van der Waals surface area (Å²) in [5, 5.41) is 20.4. The number of halogens is 1. The van der Waals surface area contributed by atoms with Crippen LogP contribution in [0.3, 0.4) is 0 Å². The maximum Gasteiger partial charge on any atom is 0.182 e. The molecule has 3 aromatic rings. The summed E-state index contributed by atoms with van der Waals surface area (Å²) in [6, 6.07) is 14.2. The summed E-state index contributed by atoms with van der Waals surface area (Å²) in [5.74, 6) is 0.262. The molecule has 3 aliphatic rings. The number of phenols is 2. The molecule has 1 fully saturated rings. The molecule has 0 aromatic heterocycles. The van der Waals surface area contributed by atoms with Crippen LogP contribution in [0.4, 0.5) is 4.39 Å². The van der Waals surface area contributed by atoms with Gasteiger partial charge in [-0.3, -0.25) is 4.90 Å². The minimum absolute atomic E-state index is 0.171. The van der Waals surface area contributed by atoms with E-state index >= 15 is 0 Å². The van der Waals surface area contributed by atoms with Crippen LogP contribution in [-0.4, -0.2) is 41.4 Å². The van der Waals surface area contributed by atoms with Crippen LogP contribution in [-0.2, 0) is 0 Å². The molecule has 2 atom stereocenters. The first kappa shape index (κ1) is 20.7. The number of hydrogen-bond donors (Lipinski definition) is 2. The van der Waals surface area contributed by atoms with Gasteiger partial charge in [-0.15, -0.1) is 11.8 Å². The van der Waals surface area contributed by atoms with E-state index in [9.17, 15) is 14.6 Å². The molecule has 2 heterocycles. The molecule has 170 valence electrons. The van der Waals surface area contributed by atoms with Crippen LogP contribution in [0.5, 0.6) is 23.0 Å². The van der Waals surface area contributed by atoms with Crippen LogP contribution in [0.25, 0.3) is 11.1 Å². The number of ether oxygens (including phenoxy) is 2. The van der Waals surface area contributed by atoms with Gasteiger partial charge in [0.2, 0.25) is 0 Å². The smallest absolute Gasteiger partial charge is 0.182 e. The van der Waals surface area contributed by atoms with E-state index in [0.29, 0.717) is 12.4 Å². The van der Waals surface area contributed by atoms with Gasteiger partial charge in [-0.05, 0) is 67.4 Å². The Morgan fingerprint density at radius 3 is 2.73 bits per heavy atom. The van der Waals surface area contributed by atoms with E-state index in [1.165, 1.54) is 30.7 Å². The molecule has 0 bridgehead atoms. The second-order valence-electron chi connectivity index (χ2n) is 8.69. The predicted molar refractivity (Wildman–Crippen MR) is 125 cm³/mol. The molecular formula is C26H24FNO4S. The Balaban J connectivity index is 1.37. The number of hydrogen-bond acceptors (Lipinski definition) is 6. The lowest BCUT2D eigenvalue weighted by atomic mass is 9.82. The molecule has 33 heavy (non-hydrogen) atoms. The van der Waals surface area contributed by atoms with Crippen LogP contribution in [0.2, 0.25) is 0 Å². The Kier molecular flexibility index (Phi) is 5.11. The van der Waals surface area contributed by atoms with E-state index in [4.69, 9.17) is 9.47 Å². The van der Waals surface area contributed by atoms with Crippen molar-refractivity contribution < 1.29 is 24.1 Å². The van der Waals surface area contributed by atoms with Gasteiger partial charge in [0.05, 0.1) is 10.1 Å². The van der Waals surface area contributed by atoms with Gasteiger partial charge in [-0.2, -0.15) is 0 Å². The topological polar surface area (TPSA) is 62.2 Å². The zero-order chi connectivity index (χ0) is 22.5. The molecule has 2 aliphatic heterocycles. The zero-order valence-corrected chi connectivity index (χ0v) is 18.8. The third-order valence-corrected chi connectivity index (χ3v) is 8.04. The molecule has 2 N–H and O–H groups in total. The van der Waals surface area contributed by atoms with Crippen molar-refractivity contribution in [3.05, 3.63) is 65.5 Å². The second-order valence-corrected chi connectivity index (χ2v) is 9.84. The van der Waals surface area contributed by atoms with Crippen molar-refractivity contribution in [1.82, 2.24) is 4.90 Å². The first-order valence-corrected chi connectivity index (χ1v) is 12.1. The van der Waals surface area contributed by atoms with Gasteiger partial charge in [-0.25, -0.2) is 4.39 Å². The fourth-order valence-electron chi connectivity index (χ4n) is 5.05. The third kappa shape index (κ3) is 3.50. The number of rotatable bonds is 4. The summed E-state index contributed by atoms with van der Waals surface area (Å²) >= 11 is 1.32. The summed E-state index contributed by atoms with van der Waals surface area (Å²) in [7, 11) is 0. The first-order chi connectivity index (χ1) is 16.1. The summed E-state index contributed by atoms with van der Waals surface area (Å²) in [6.07, 6.45) is 2.15. The SMILES string of the molecule is Oc1ccc2c(c1F)S[C@@H]1c3cccc(O)c3-c3cc(OCCN4CCCC4)ccc3C1O2. The summed E-state index contributed by atoms with van der Waals surface area (Å²) in [5.41, 5.74) is 3.39. The highest BCUT2D eigenvalue weighted by molar-refractivity contribution is 7.99. The summed E-state index contributed by atoms with van der Waals surface area (Å²) in [4.78, 5) is 2.70. The van der Waals surface area contributed by atoms with Crippen LogP contribution >= 0.6 is 11.8 Å². The van der Waals surface area contributed by atoms with E-state index < -0.39 is 11.6 Å². The van der Waals surface area contributed by atoms with Crippen molar-refractivity contribution in [3.8, 4) is 34.1 Å². The molecule has 7 heteroatoms. The molecule has 1 aliphatic carbocycles. The number of nitrogens with zero attached hydrogens (tertiary/aromatic N) is 1. The average Bonchev–Trinajstić information content (AvgIpc) is 3.34. The van der Waals surface area contributed by atoms with E-state index in [1.54, 1.807) is 18.2 Å². The second kappa shape index (κ2) is 8.15. The van der Waals surface area contributed by atoms with Crippen LogP contribution in [0.15, 0.2) is 53.4 Å². The standard InChI is InChI=1S/C26H24FNO4S/c27-23-20(30)8-9-21-26(23)33-25-17-4-3-5-19(29)22(17)18-14-15(6-7-16(18)24(25)32-21)31-13-12-28-10-1-2-11-28/h3-9,14,24-25,29-30H,1-2,10-13H2/t24?,25-/m1/s1. The van der Waals surface area contributed by atoms with Gasteiger partial charge in [0.25, 0.3) is 0 Å². The van der Waals surface area contributed by atoms with Gasteiger partial charge >= 0.3 is 0 Å². The van der Waals surface area contributed by atoms with E-state index in [2.05, 4.69) is 4.90 Å². The number of benzene rings is 3. The van der Waals surface area contributed by atoms with Crippen LogP contribution in [0.1, 0.15) is 35.3 Å². The highest BCUT2D eigenvalue weighted by Crippen LogP contribution is 2.61. The highest BCUT2D eigenvalue weighted by atomic mass is 32.2. The molecular weight excluding hydrogens is 441 g/mol. The van der Waals surface area contributed by atoms with E-state index in [-0.39, 0.29) is 22.0 Å². The lowest BCUT2D eigenvalue weighted by Gasteiger charge is -2.39. The molecule has 0 saturated carbocycles.